The van der Waals surface area contributed by atoms with E-state index in [0.717, 1.165) is 19.0 Å². The predicted molar refractivity (Wildman–Crippen MR) is 76.3 cm³/mol. The quantitative estimate of drug-likeness (QED) is 0.741. The summed E-state index contributed by atoms with van der Waals surface area (Å²) in [7, 11) is 0. The van der Waals surface area contributed by atoms with Gasteiger partial charge in [-0.05, 0) is 25.2 Å². The summed E-state index contributed by atoms with van der Waals surface area (Å²) >= 11 is 0. The van der Waals surface area contributed by atoms with Crippen LogP contribution in [0, 0.1) is 11.8 Å². The van der Waals surface area contributed by atoms with Gasteiger partial charge in [-0.25, -0.2) is 0 Å². The molecule has 2 unspecified atom stereocenters. The Hall–Kier alpha value is -0.340. The Labute approximate surface area is 107 Å². The second-order valence-electron chi connectivity index (χ2n) is 6.43. The third-order valence-electron chi connectivity index (χ3n) is 3.54. The minimum Gasteiger partial charge on any atom is -0.311 e. The van der Waals surface area contributed by atoms with Gasteiger partial charge in [-0.3, -0.25) is 4.90 Å². The van der Waals surface area contributed by atoms with Crippen molar-refractivity contribution < 1.29 is 0 Å². The first kappa shape index (κ1) is 14.7. The van der Waals surface area contributed by atoms with Crippen LogP contribution >= 0.6 is 0 Å². The molecule has 0 aliphatic carbocycles. The van der Waals surface area contributed by atoms with Crippen molar-refractivity contribution in [3.8, 4) is 0 Å². The average molecular weight is 238 g/mol. The van der Waals surface area contributed by atoms with Crippen LogP contribution in [0.4, 0.5) is 0 Å². The summed E-state index contributed by atoms with van der Waals surface area (Å²) in [6.45, 7) is 18.8. The van der Waals surface area contributed by atoms with Gasteiger partial charge < -0.3 is 5.32 Å². The Balaban J connectivity index is 2.59. The van der Waals surface area contributed by atoms with Gasteiger partial charge in [-0.1, -0.05) is 39.8 Å². The summed E-state index contributed by atoms with van der Waals surface area (Å²) in [6.07, 6.45) is 1.28. The summed E-state index contributed by atoms with van der Waals surface area (Å²) < 4.78 is 0. The first-order valence-electron chi connectivity index (χ1n) is 7.02. The van der Waals surface area contributed by atoms with Crippen molar-refractivity contribution in [1.29, 1.82) is 0 Å². The molecule has 0 radical (unpaired) electrons. The van der Waals surface area contributed by atoms with Gasteiger partial charge in [0.2, 0.25) is 0 Å². The molecular formula is C15H30N2. The molecule has 0 saturated carbocycles. The van der Waals surface area contributed by atoms with Gasteiger partial charge in [0, 0.05) is 31.7 Å². The molecule has 0 spiro atoms. The molecule has 1 heterocycles. The standard InChI is InChI=1S/C15H30N2/c1-11(2)7-14-10-17(9-12(3)4)15(8-16-14)13(5)6/h11,13-16H,3,7-10H2,1-2,4-6H3. The van der Waals surface area contributed by atoms with Gasteiger partial charge in [0.1, 0.15) is 0 Å². The summed E-state index contributed by atoms with van der Waals surface area (Å²) in [4.78, 5) is 2.62. The third kappa shape index (κ3) is 4.81. The molecule has 0 aromatic carbocycles. The monoisotopic (exact) mass is 238 g/mol. The fourth-order valence-electron chi connectivity index (χ4n) is 2.81. The summed E-state index contributed by atoms with van der Waals surface area (Å²) in [5, 5.41) is 3.71. The fourth-order valence-corrected chi connectivity index (χ4v) is 2.81. The number of piperazine rings is 1. The van der Waals surface area contributed by atoms with E-state index in [1.54, 1.807) is 0 Å². The van der Waals surface area contributed by atoms with Crippen LogP contribution in [0.2, 0.25) is 0 Å². The van der Waals surface area contributed by atoms with Crippen molar-refractivity contribution in [3.63, 3.8) is 0 Å². The maximum Gasteiger partial charge on any atom is 0.0247 e. The predicted octanol–water partition coefficient (Wildman–Crippen LogP) is 2.91. The Morgan fingerprint density at radius 3 is 2.47 bits per heavy atom. The second-order valence-corrected chi connectivity index (χ2v) is 6.43. The molecule has 1 aliphatic rings. The van der Waals surface area contributed by atoms with Gasteiger partial charge in [0.05, 0.1) is 0 Å². The van der Waals surface area contributed by atoms with E-state index in [1.807, 2.05) is 0 Å². The van der Waals surface area contributed by atoms with E-state index in [0.29, 0.717) is 18.0 Å². The van der Waals surface area contributed by atoms with Gasteiger partial charge in [-0.2, -0.15) is 0 Å². The van der Waals surface area contributed by atoms with E-state index in [2.05, 4.69) is 51.4 Å². The fraction of sp³-hybridized carbons (Fsp3) is 0.867. The molecule has 2 heteroatoms. The molecule has 2 nitrogen and oxygen atoms in total. The molecule has 0 aromatic heterocycles. The summed E-state index contributed by atoms with van der Waals surface area (Å²) in [5.74, 6) is 1.48. The minimum absolute atomic E-state index is 0.657. The smallest absolute Gasteiger partial charge is 0.0247 e. The molecule has 1 rings (SSSR count). The van der Waals surface area contributed by atoms with Gasteiger partial charge in [0.15, 0.2) is 0 Å². The van der Waals surface area contributed by atoms with E-state index >= 15 is 0 Å². The topological polar surface area (TPSA) is 15.3 Å². The first-order valence-corrected chi connectivity index (χ1v) is 7.02. The molecule has 0 bridgehead atoms. The van der Waals surface area contributed by atoms with Crippen LogP contribution in [0.5, 0.6) is 0 Å². The first-order chi connectivity index (χ1) is 7.90. The van der Waals surface area contributed by atoms with Crippen molar-refractivity contribution in [2.24, 2.45) is 11.8 Å². The highest BCUT2D eigenvalue weighted by molar-refractivity contribution is 4.97. The average Bonchev–Trinajstić information content (AvgIpc) is 2.15. The molecule has 17 heavy (non-hydrogen) atoms. The molecule has 1 saturated heterocycles. The van der Waals surface area contributed by atoms with Gasteiger partial charge in [0.25, 0.3) is 0 Å². The highest BCUT2D eigenvalue weighted by atomic mass is 15.2. The molecular weight excluding hydrogens is 208 g/mol. The van der Waals surface area contributed by atoms with Crippen LogP contribution in [-0.4, -0.2) is 36.6 Å². The second kappa shape index (κ2) is 6.55. The van der Waals surface area contributed by atoms with Gasteiger partial charge in [-0.15, -0.1) is 0 Å². The zero-order valence-electron chi connectivity index (χ0n) is 12.3. The normalized spacial score (nSPS) is 26.8. The highest BCUT2D eigenvalue weighted by Crippen LogP contribution is 2.19. The van der Waals surface area contributed by atoms with E-state index in [1.165, 1.54) is 18.5 Å². The van der Waals surface area contributed by atoms with E-state index in [9.17, 15) is 0 Å². The Bertz CT molecular complexity index is 245. The van der Waals surface area contributed by atoms with E-state index < -0.39 is 0 Å². The van der Waals surface area contributed by atoms with Crippen molar-refractivity contribution >= 4 is 0 Å². The SMILES string of the molecule is C=C(C)CN1CC(CC(C)C)NCC1C(C)C. The third-order valence-corrected chi connectivity index (χ3v) is 3.54. The zero-order chi connectivity index (χ0) is 13.0. The minimum atomic E-state index is 0.657. The van der Waals surface area contributed by atoms with Crippen molar-refractivity contribution in [3.05, 3.63) is 12.2 Å². The molecule has 2 atom stereocenters. The van der Waals surface area contributed by atoms with Crippen LogP contribution < -0.4 is 5.32 Å². The highest BCUT2D eigenvalue weighted by Gasteiger charge is 2.29. The Morgan fingerprint density at radius 2 is 2.00 bits per heavy atom. The van der Waals surface area contributed by atoms with E-state index in [4.69, 9.17) is 0 Å². The van der Waals surface area contributed by atoms with Crippen LogP contribution in [-0.2, 0) is 0 Å². The Kier molecular flexibility index (Phi) is 5.68. The number of nitrogens with zero attached hydrogens (tertiary/aromatic N) is 1. The van der Waals surface area contributed by atoms with Crippen LogP contribution in [0.15, 0.2) is 12.2 Å². The van der Waals surface area contributed by atoms with Crippen LogP contribution in [0.25, 0.3) is 0 Å². The lowest BCUT2D eigenvalue weighted by molar-refractivity contribution is 0.102. The summed E-state index contributed by atoms with van der Waals surface area (Å²) in [6, 6.07) is 1.32. The van der Waals surface area contributed by atoms with E-state index in [-0.39, 0.29) is 0 Å². The van der Waals surface area contributed by atoms with Gasteiger partial charge >= 0.3 is 0 Å². The van der Waals surface area contributed by atoms with Crippen LogP contribution in [0.1, 0.15) is 41.0 Å². The Morgan fingerprint density at radius 1 is 1.35 bits per heavy atom. The molecule has 0 amide bonds. The number of hydrogen-bond donors (Lipinski definition) is 1. The van der Waals surface area contributed by atoms with Crippen molar-refractivity contribution in [2.45, 2.75) is 53.1 Å². The lowest BCUT2D eigenvalue weighted by atomic mass is 9.94. The molecule has 0 aromatic rings. The number of nitrogens with one attached hydrogen (secondary N) is 1. The largest absolute Gasteiger partial charge is 0.311 e. The maximum absolute atomic E-state index is 4.07. The molecule has 1 N–H and O–H groups in total. The van der Waals surface area contributed by atoms with Crippen molar-refractivity contribution in [2.75, 3.05) is 19.6 Å². The number of hydrogen-bond acceptors (Lipinski definition) is 2. The lowest BCUT2D eigenvalue weighted by Gasteiger charge is -2.43. The van der Waals surface area contributed by atoms with Crippen LogP contribution in [0.3, 0.4) is 0 Å². The molecule has 100 valence electrons. The number of rotatable bonds is 5. The molecule has 1 aliphatic heterocycles. The van der Waals surface area contributed by atoms with Crippen molar-refractivity contribution in [1.82, 2.24) is 10.2 Å². The summed E-state index contributed by atoms with van der Waals surface area (Å²) in [5.41, 5.74) is 1.28. The zero-order valence-corrected chi connectivity index (χ0v) is 12.3. The maximum atomic E-state index is 4.07. The molecule has 1 fully saturated rings. The lowest BCUT2D eigenvalue weighted by Crippen LogP contribution is -2.58.